The Kier molecular flexibility index (Phi) is 3.85. The second-order valence-electron chi connectivity index (χ2n) is 4.80. The van der Waals surface area contributed by atoms with Gasteiger partial charge in [-0.2, -0.15) is 0 Å². The lowest BCUT2D eigenvalue weighted by Gasteiger charge is -2.23. The van der Waals surface area contributed by atoms with Crippen molar-refractivity contribution < 1.29 is 0 Å². The zero-order valence-electron chi connectivity index (χ0n) is 10.0. The van der Waals surface area contributed by atoms with Crippen LogP contribution in [0.2, 0.25) is 0 Å². The average Bonchev–Trinajstić information content (AvgIpc) is 2.74. The van der Waals surface area contributed by atoms with Crippen LogP contribution in [0, 0.1) is 12.8 Å². The summed E-state index contributed by atoms with van der Waals surface area (Å²) in [6.45, 7) is 3.24. The Hall–Kier alpha value is -0.570. The number of pyridine rings is 1. The molecule has 16 heavy (non-hydrogen) atoms. The van der Waals surface area contributed by atoms with E-state index in [2.05, 4.69) is 39.8 Å². The molecular weight excluding hydrogens is 264 g/mol. The van der Waals surface area contributed by atoms with Crippen LogP contribution in [-0.4, -0.2) is 18.6 Å². The molecule has 3 heteroatoms. The van der Waals surface area contributed by atoms with Crippen molar-refractivity contribution in [3.63, 3.8) is 0 Å². The van der Waals surface area contributed by atoms with Crippen LogP contribution in [0.25, 0.3) is 0 Å². The zero-order valence-corrected chi connectivity index (χ0v) is 11.6. The third-order valence-corrected chi connectivity index (χ3v) is 4.41. The fourth-order valence-electron chi connectivity index (χ4n) is 2.46. The molecule has 0 aliphatic heterocycles. The molecule has 0 aromatic carbocycles. The first kappa shape index (κ1) is 11.9. The normalized spacial score (nSPS) is 16.7. The molecule has 0 amide bonds. The van der Waals surface area contributed by atoms with Gasteiger partial charge >= 0.3 is 0 Å². The van der Waals surface area contributed by atoms with Crippen LogP contribution in [0.1, 0.15) is 31.2 Å². The van der Waals surface area contributed by atoms with Gasteiger partial charge in [0, 0.05) is 19.8 Å². The Bertz CT molecular complexity index is 359. The van der Waals surface area contributed by atoms with E-state index in [1.807, 2.05) is 12.3 Å². The van der Waals surface area contributed by atoms with Gasteiger partial charge in [-0.15, -0.1) is 0 Å². The van der Waals surface area contributed by atoms with Crippen LogP contribution in [0.3, 0.4) is 0 Å². The van der Waals surface area contributed by atoms with Gasteiger partial charge in [0.05, 0.1) is 4.47 Å². The lowest BCUT2D eigenvalue weighted by Crippen LogP contribution is -2.25. The maximum absolute atomic E-state index is 4.46. The van der Waals surface area contributed by atoms with Crippen molar-refractivity contribution in [2.24, 2.45) is 5.92 Å². The van der Waals surface area contributed by atoms with Gasteiger partial charge in [-0.05, 0) is 53.2 Å². The van der Waals surface area contributed by atoms with E-state index in [4.69, 9.17) is 0 Å². The van der Waals surface area contributed by atoms with Crippen LogP contribution in [0.5, 0.6) is 0 Å². The second kappa shape index (κ2) is 5.17. The van der Waals surface area contributed by atoms with Crippen molar-refractivity contribution in [3.8, 4) is 0 Å². The first-order valence-corrected chi connectivity index (χ1v) is 6.80. The molecule has 2 rings (SSSR count). The van der Waals surface area contributed by atoms with E-state index in [1.54, 1.807) is 0 Å². The van der Waals surface area contributed by atoms with Crippen LogP contribution in [-0.2, 0) is 0 Å². The molecule has 1 aromatic rings. The molecule has 1 heterocycles. The van der Waals surface area contributed by atoms with E-state index in [0.29, 0.717) is 0 Å². The highest BCUT2D eigenvalue weighted by Gasteiger charge is 2.18. The summed E-state index contributed by atoms with van der Waals surface area (Å²) in [6, 6.07) is 2.04. The topological polar surface area (TPSA) is 16.1 Å². The first-order chi connectivity index (χ1) is 7.68. The molecule has 0 saturated heterocycles. The molecule has 0 unspecified atom stereocenters. The number of halogens is 1. The van der Waals surface area contributed by atoms with E-state index < -0.39 is 0 Å². The Morgan fingerprint density at radius 2 is 2.12 bits per heavy atom. The van der Waals surface area contributed by atoms with E-state index in [1.165, 1.54) is 31.2 Å². The highest BCUT2D eigenvalue weighted by atomic mass is 79.9. The van der Waals surface area contributed by atoms with Gasteiger partial charge in [0.2, 0.25) is 0 Å². The van der Waals surface area contributed by atoms with Crippen molar-refractivity contribution >= 4 is 21.7 Å². The van der Waals surface area contributed by atoms with Gasteiger partial charge in [0.15, 0.2) is 0 Å². The lowest BCUT2D eigenvalue weighted by molar-refractivity contribution is 0.544. The Balaban J connectivity index is 2.07. The molecule has 0 bridgehead atoms. The van der Waals surface area contributed by atoms with Gasteiger partial charge in [-0.1, -0.05) is 12.8 Å². The highest BCUT2D eigenvalue weighted by molar-refractivity contribution is 9.10. The average molecular weight is 283 g/mol. The molecule has 1 saturated carbocycles. The number of rotatable bonds is 3. The van der Waals surface area contributed by atoms with Crippen molar-refractivity contribution in [2.75, 3.05) is 18.5 Å². The number of hydrogen-bond acceptors (Lipinski definition) is 2. The van der Waals surface area contributed by atoms with E-state index >= 15 is 0 Å². The van der Waals surface area contributed by atoms with E-state index in [0.717, 1.165) is 22.8 Å². The minimum absolute atomic E-state index is 0.860. The van der Waals surface area contributed by atoms with Crippen molar-refractivity contribution in [1.82, 2.24) is 4.98 Å². The largest absolute Gasteiger partial charge is 0.358 e. The number of aryl methyl sites for hydroxylation is 1. The van der Waals surface area contributed by atoms with Crippen LogP contribution in [0.4, 0.5) is 5.82 Å². The van der Waals surface area contributed by atoms with Gasteiger partial charge in [0.1, 0.15) is 5.82 Å². The summed E-state index contributed by atoms with van der Waals surface area (Å²) in [6.07, 6.45) is 7.46. The highest BCUT2D eigenvalue weighted by Crippen LogP contribution is 2.30. The third-order valence-electron chi connectivity index (χ3n) is 3.43. The molecule has 1 fully saturated rings. The summed E-state index contributed by atoms with van der Waals surface area (Å²) in [5, 5.41) is 0. The smallest absolute Gasteiger partial charge is 0.142 e. The molecule has 0 N–H and O–H groups in total. The standard InChI is InChI=1S/C13H19BrN2/c1-10-7-8-15-13(12(10)14)16(2)9-11-5-3-4-6-11/h7-8,11H,3-6,9H2,1-2H3. The molecule has 2 nitrogen and oxygen atoms in total. The minimum Gasteiger partial charge on any atom is -0.358 e. The van der Waals surface area contributed by atoms with Crippen LogP contribution < -0.4 is 4.90 Å². The summed E-state index contributed by atoms with van der Waals surface area (Å²) < 4.78 is 1.13. The van der Waals surface area contributed by atoms with Gasteiger partial charge < -0.3 is 4.90 Å². The molecule has 1 aromatic heterocycles. The van der Waals surface area contributed by atoms with Crippen LogP contribution >= 0.6 is 15.9 Å². The number of hydrogen-bond donors (Lipinski definition) is 0. The first-order valence-electron chi connectivity index (χ1n) is 6.00. The summed E-state index contributed by atoms with van der Waals surface area (Å²) >= 11 is 3.63. The summed E-state index contributed by atoms with van der Waals surface area (Å²) in [4.78, 5) is 6.74. The number of anilines is 1. The quantitative estimate of drug-likeness (QED) is 0.839. The monoisotopic (exact) mass is 282 g/mol. The van der Waals surface area contributed by atoms with Crippen molar-refractivity contribution in [3.05, 3.63) is 22.3 Å². The van der Waals surface area contributed by atoms with Gasteiger partial charge in [-0.3, -0.25) is 0 Å². The molecular formula is C13H19BrN2. The van der Waals surface area contributed by atoms with E-state index in [9.17, 15) is 0 Å². The third kappa shape index (κ3) is 2.57. The fraction of sp³-hybridized carbons (Fsp3) is 0.615. The predicted molar refractivity (Wildman–Crippen MR) is 71.9 cm³/mol. The van der Waals surface area contributed by atoms with Crippen molar-refractivity contribution in [2.45, 2.75) is 32.6 Å². The number of nitrogens with zero attached hydrogens (tertiary/aromatic N) is 2. The maximum atomic E-state index is 4.46. The van der Waals surface area contributed by atoms with Gasteiger partial charge in [0.25, 0.3) is 0 Å². The SMILES string of the molecule is Cc1ccnc(N(C)CC2CCCC2)c1Br. The maximum Gasteiger partial charge on any atom is 0.142 e. The predicted octanol–water partition coefficient (Wildman–Crippen LogP) is 3.78. The van der Waals surface area contributed by atoms with E-state index in [-0.39, 0.29) is 0 Å². The fourth-order valence-corrected chi connectivity index (χ4v) is 3.00. The molecule has 0 atom stereocenters. The summed E-state index contributed by atoms with van der Waals surface area (Å²) in [5.41, 5.74) is 1.25. The summed E-state index contributed by atoms with van der Waals surface area (Å²) in [7, 11) is 2.14. The minimum atomic E-state index is 0.860. The van der Waals surface area contributed by atoms with Gasteiger partial charge in [-0.25, -0.2) is 4.98 Å². The zero-order chi connectivity index (χ0) is 11.5. The summed E-state index contributed by atoms with van der Waals surface area (Å²) in [5.74, 6) is 1.94. The Labute approximate surface area is 106 Å². The molecule has 1 aliphatic rings. The second-order valence-corrected chi connectivity index (χ2v) is 5.59. The molecule has 88 valence electrons. The molecule has 1 aliphatic carbocycles. The Morgan fingerprint density at radius 3 is 2.81 bits per heavy atom. The lowest BCUT2D eigenvalue weighted by atomic mass is 10.1. The van der Waals surface area contributed by atoms with Crippen LogP contribution in [0.15, 0.2) is 16.7 Å². The Morgan fingerprint density at radius 1 is 1.44 bits per heavy atom. The van der Waals surface area contributed by atoms with Crippen molar-refractivity contribution in [1.29, 1.82) is 0 Å². The molecule has 0 radical (unpaired) electrons. The number of aromatic nitrogens is 1. The molecule has 0 spiro atoms.